The monoisotopic (exact) mass is 423 g/mol. The number of methoxy groups -OCH3 is 1. The number of carbonyl (C=O) groups excluding carboxylic acids is 1. The highest BCUT2D eigenvalue weighted by Crippen LogP contribution is 2.36. The van der Waals surface area contributed by atoms with Gasteiger partial charge in [0.1, 0.15) is 11.4 Å². The van der Waals surface area contributed by atoms with Crippen molar-refractivity contribution >= 4 is 33.9 Å². The Morgan fingerprint density at radius 2 is 2.00 bits per heavy atom. The average Bonchev–Trinajstić information content (AvgIpc) is 3.15. The summed E-state index contributed by atoms with van der Waals surface area (Å²) in [6, 6.07) is 4.28. The molecule has 0 unspecified atom stereocenters. The van der Waals surface area contributed by atoms with Gasteiger partial charge < -0.3 is 15.0 Å². The van der Waals surface area contributed by atoms with Crippen LogP contribution in [0.4, 0.5) is 29.8 Å². The molecule has 29 heavy (non-hydrogen) atoms. The van der Waals surface area contributed by atoms with E-state index in [9.17, 15) is 18.0 Å². The number of halogens is 3. The fourth-order valence-corrected chi connectivity index (χ4v) is 3.06. The maximum Gasteiger partial charge on any atom is 0.417 e. The van der Waals surface area contributed by atoms with Crippen molar-refractivity contribution < 1.29 is 22.7 Å². The molecular weight excluding hydrogens is 407 g/mol. The summed E-state index contributed by atoms with van der Waals surface area (Å²) in [4.78, 5) is 25.3. The quantitative estimate of drug-likeness (QED) is 0.657. The standard InChI is InChI=1S/C18H16F3N5O2S/c1-10(27)26(2)15-6-11(18(19,20)21)8-23-16(15)25-17-24-14(9-29-17)13-7-12(28-3)4-5-22-13/h4-9H,1-3H3,(H,23,24,25). The van der Waals surface area contributed by atoms with E-state index >= 15 is 0 Å². The fourth-order valence-electron chi connectivity index (χ4n) is 2.36. The third-order valence-electron chi connectivity index (χ3n) is 3.99. The Morgan fingerprint density at radius 1 is 1.24 bits per heavy atom. The largest absolute Gasteiger partial charge is 0.497 e. The van der Waals surface area contributed by atoms with Gasteiger partial charge in [0.25, 0.3) is 0 Å². The molecule has 1 N–H and O–H groups in total. The maximum atomic E-state index is 13.1. The molecule has 3 aromatic heterocycles. The third-order valence-corrected chi connectivity index (χ3v) is 4.75. The van der Waals surface area contributed by atoms with Gasteiger partial charge in [0.05, 0.1) is 24.1 Å². The molecule has 0 saturated heterocycles. The number of thiazole rings is 1. The van der Waals surface area contributed by atoms with E-state index in [0.29, 0.717) is 28.5 Å². The molecule has 3 rings (SSSR count). The van der Waals surface area contributed by atoms with E-state index in [1.807, 2.05) is 0 Å². The van der Waals surface area contributed by atoms with Gasteiger partial charge in [0.2, 0.25) is 5.91 Å². The van der Waals surface area contributed by atoms with Crippen molar-refractivity contribution in [2.75, 3.05) is 24.4 Å². The molecule has 3 heterocycles. The molecule has 0 aliphatic carbocycles. The number of hydrogen-bond acceptors (Lipinski definition) is 7. The number of nitrogens with one attached hydrogen (secondary N) is 1. The van der Waals surface area contributed by atoms with Crippen LogP contribution in [-0.2, 0) is 11.0 Å². The zero-order valence-corrected chi connectivity index (χ0v) is 16.4. The molecule has 0 fully saturated rings. The first kappa shape index (κ1) is 20.5. The molecule has 0 bridgehead atoms. The summed E-state index contributed by atoms with van der Waals surface area (Å²) in [5, 5.41) is 5.00. The Kier molecular flexibility index (Phi) is 5.69. The normalized spacial score (nSPS) is 11.2. The number of nitrogens with zero attached hydrogens (tertiary/aromatic N) is 4. The molecule has 0 aromatic carbocycles. The van der Waals surface area contributed by atoms with Crippen LogP contribution in [0.5, 0.6) is 5.75 Å². The number of alkyl halides is 3. The van der Waals surface area contributed by atoms with Gasteiger partial charge in [-0.25, -0.2) is 9.97 Å². The Labute approximate surface area is 168 Å². The number of hydrogen-bond donors (Lipinski definition) is 1. The van der Waals surface area contributed by atoms with E-state index in [1.165, 1.54) is 32.4 Å². The van der Waals surface area contributed by atoms with Crippen LogP contribution in [0.1, 0.15) is 12.5 Å². The van der Waals surface area contributed by atoms with Crippen molar-refractivity contribution in [3.63, 3.8) is 0 Å². The minimum atomic E-state index is -4.58. The van der Waals surface area contributed by atoms with Crippen LogP contribution < -0.4 is 15.0 Å². The van der Waals surface area contributed by atoms with Crippen LogP contribution in [0.15, 0.2) is 36.0 Å². The highest BCUT2D eigenvalue weighted by molar-refractivity contribution is 7.14. The number of pyridine rings is 2. The second kappa shape index (κ2) is 8.03. The van der Waals surface area contributed by atoms with Gasteiger partial charge >= 0.3 is 6.18 Å². The lowest BCUT2D eigenvalue weighted by Crippen LogP contribution is -2.24. The number of anilines is 3. The minimum absolute atomic E-state index is 0.0106. The number of rotatable bonds is 5. The summed E-state index contributed by atoms with van der Waals surface area (Å²) in [6.45, 7) is 1.25. The van der Waals surface area contributed by atoms with Crippen molar-refractivity contribution in [2.45, 2.75) is 13.1 Å². The summed E-state index contributed by atoms with van der Waals surface area (Å²) in [5.41, 5.74) is 0.176. The van der Waals surface area contributed by atoms with Gasteiger partial charge in [0.15, 0.2) is 10.9 Å². The fraction of sp³-hybridized carbons (Fsp3) is 0.222. The van der Waals surface area contributed by atoms with E-state index < -0.39 is 17.6 Å². The molecule has 1 amide bonds. The smallest absolute Gasteiger partial charge is 0.417 e. The molecule has 0 radical (unpaired) electrons. The van der Waals surface area contributed by atoms with Crippen molar-refractivity contribution in [1.82, 2.24) is 15.0 Å². The third kappa shape index (κ3) is 4.62. The van der Waals surface area contributed by atoms with E-state index in [0.717, 1.165) is 11.0 Å². The Hall–Kier alpha value is -3.21. The molecule has 0 aliphatic rings. The SMILES string of the molecule is COc1ccnc(-c2csc(Nc3ncc(C(F)(F)F)cc3N(C)C(C)=O)n2)c1. The number of aromatic nitrogens is 3. The van der Waals surface area contributed by atoms with Crippen LogP contribution in [0.2, 0.25) is 0 Å². The topological polar surface area (TPSA) is 80.2 Å². The van der Waals surface area contributed by atoms with Gasteiger partial charge in [-0.15, -0.1) is 11.3 Å². The van der Waals surface area contributed by atoms with Crippen LogP contribution >= 0.6 is 11.3 Å². The molecule has 152 valence electrons. The molecular formula is C18H16F3N5O2S. The van der Waals surface area contributed by atoms with Gasteiger partial charge in [-0.3, -0.25) is 9.78 Å². The van der Waals surface area contributed by atoms with Gasteiger partial charge in [0, 0.05) is 37.8 Å². The van der Waals surface area contributed by atoms with Crippen LogP contribution in [0.3, 0.4) is 0 Å². The van der Waals surface area contributed by atoms with Crippen molar-refractivity contribution in [1.29, 1.82) is 0 Å². The van der Waals surface area contributed by atoms with Gasteiger partial charge in [-0.2, -0.15) is 13.2 Å². The molecule has 0 spiro atoms. The predicted molar refractivity (Wildman–Crippen MR) is 104 cm³/mol. The van der Waals surface area contributed by atoms with E-state index in [1.54, 1.807) is 23.7 Å². The summed E-state index contributed by atoms with van der Waals surface area (Å²) in [6.07, 6.45) is -2.29. The number of carbonyl (C=O) groups is 1. The van der Waals surface area contributed by atoms with Crippen LogP contribution in [-0.4, -0.2) is 35.0 Å². The summed E-state index contributed by atoms with van der Waals surface area (Å²) in [7, 11) is 2.91. The highest BCUT2D eigenvalue weighted by atomic mass is 32.1. The lowest BCUT2D eigenvalue weighted by atomic mass is 10.2. The van der Waals surface area contributed by atoms with Gasteiger partial charge in [-0.05, 0) is 12.1 Å². The molecule has 7 nitrogen and oxygen atoms in total. The lowest BCUT2D eigenvalue weighted by Gasteiger charge is -2.20. The second-order valence-electron chi connectivity index (χ2n) is 5.91. The average molecular weight is 423 g/mol. The first-order chi connectivity index (χ1) is 13.7. The van der Waals surface area contributed by atoms with Crippen molar-refractivity contribution in [3.8, 4) is 17.1 Å². The van der Waals surface area contributed by atoms with Crippen molar-refractivity contribution in [2.24, 2.45) is 0 Å². The van der Waals surface area contributed by atoms with Crippen LogP contribution in [0.25, 0.3) is 11.4 Å². The Bertz CT molecular complexity index is 1040. The lowest BCUT2D eigenvalue weighted by molar-refractivity contribution is -0.137. The number of ether oxygens (including phenoxy) is 1. The molecule has 11 heteroatoms. The summed E-state index contributed by atoms with van der Waals surface area (Å²) in [5.74, 6) is 0.261. The zero-order valence-electron chi connectivity index (χ0n) is 15.6. The summed E-state index contributed by atoms with van der Waals surface area (Å²) < 4.78 is 44.3. The van der Waals surface area contributed by atoms with Crippen molar-refractivity contribution in [3.05, 3.63) is 41.5 Å². The Morgan fingerprint density at radius 3 is 2.66 bits per heavy atom. The summed E-state index contributed by atoms with van der Waals surface area (Å²) >= 11 is 1.22. The maximum absolute atomic E-state index is 13.1. The molecule has 0 atom stereocenters. The zero-order chi connectivity index (χ0) is 21.2. The molecule has 0 saturated carbocycles. The second-order valence-corrected chi connectivity index (χ2v) is 6.77. The first-order valence-corrected chi connectivity index (χ1v) is 9.11. The van der Waals surface area contributed by atoms with Gasteiger partial charge in [-0.1, -0.05) is 0 Å². The predicted octanol–water partition coefficient (Wildman–Crippen LogP) is 4.35. The Balaban J connectivity index is 1.93. The highest BCUT2D eigenvalue weighted by Gasteiger charge is 2.32. The first-order valence-electron chi connectivity index (χ1n) is 8.23. The van der Waals surface area contributed by atoms with E-state index in [2.05, 4.69) is 20.3 Å². The number of amides is 1. The minimum Gasteiger partial charge on any atom is -0.497 e. The van der Waals surface area contributed by atoms with Crippen LogP contribution in [0, 0.1) is 0 Å². The molecule has 3 aromatic rings. The molecule has 0 aliphatic heterocycles. The van der Waals surface area contributed by atoms with E-state index in [4.69, 9.17) is 4.74 Å². The van der Waals surface area contributed by atoms with E-state index in [-0.39, 0.29) is 11.5 Å².